The number of aliphatic hydroxyl groups is 2. The van der Waals surface area contributed by atoms with Gasteiger partial charge >= 0.3 is 11.9 Å². The Kier molecular flexibility index (Phi) is 6.41. The molecule has 0 unspecified atom stereocenters. The Morgan fingerprint density at radius 2 is 1.65 bits per heavy atom. The molecule has 1 heterocycles. The van der Waals surface area contributed by atoms with Crippen LogP contribution in [0.5, 0.6) is 0 Å². The van der Waals surface area contributed by atoms with Gasteiger partial charge in [-0.2, -0.15) is 0 Å². The Labute approximate surface area is 117 Å². The highest BCUT2D eigenvalue weighted by atomic mass is 16.5. The average molecular weight is 284 g/mol. The first-order valence-electron chi connectivity index (χ1n) is 6.50. The fraction of sp³-hybridized carbons (Fsp3) is 0.571. The van der Waals surface area contributed by atoms with Crippen molar-refractivity contribution in [2.24, 2.45) is 0 Å². The first-order valence-corrected chi connectivity index (χ1v) is 6.50. The van der Waals surface area contributed by atoms with Gasteiger partial charge < -0.3 is 19.7 Å². The minimum Gasteiger partial charge on any atom is -0.459 e. The molecule has 0 aliphatic carbocycles. The molecule has 0 aromatic carbocycles. The third kappa shape index (κ3) is 5.99. The van der Waals surface area contributed by atoms with Gasteiger partial charge in [0, 0.05) is 25.0 Å². The van der Waals surface area contributed by atoms with Crippen molar-refractivity contribution >= 4 is 11.9 Å². The molecule has 0 saturated heterocycles. The van der Waals surface area contributed by atoms with Crippen LogP contribution in [0.25, 0.3) is 0 Å². The molecule has 0 amide bonds. The van der Waals surface area contributed by atoms with Gasteiger partial charge in [-0.3, -0.25) is 0 Å². The third-order valence-electron chi connectivity index (χ3n) is 2.75. The third-order valence-corrected chi connectivity index (χ3v) is 2.75. The number of rotatable bonds is 0. The molecule has 2 N–H and O–H groups in total. The van der Waals surface area contributed by atoms with Crippen molar-refractivity contribution in [2.75, 3.05) is 0 Å². The second-order valence-corrected chi connectivity index (χ2v) is 4.79. The van der Waals surface area contributed by atoms with E-state index in [4.69, 9.17) is 9.47 Å². The number of esters is 2. The van der Waals surface area contributed by atoms with Crippen LogP contribution >= 0.6 is 0 Å². The minimum absolute atomic E-state index is 0.0660. The van der Waals surface area contributed by atoms with Crippen LogP contribution in [0.4, 0.5) is 0 Å². The molecule has 112 valence electrons. The smallest absolute Gasteiger partial charge is 0.330 e. The van der Waals surface area contributed by atoms with Gasteiger partial charge in [0.05, 0.1) is 12.2 Å². The first-order chi connectivity index (χ1) is 9.38. The van der Waals surface area contributed by atoms with Crippen LogP contribution < -0.4 is 0 Å². The van der Waals surface area contributed by atoms with Crippen LogP contribution in [-0.2, 0) is 19.1 Å². The van der Waals surface area contributed by atoms with Crippen LogP contribution in [0.1, 0.15) is 26.7 Å². The second-order valence-electron chi connectivity index (χ2n) is 4.79. The van der Waals surface area contributed by atoms with Crippen molar-refractivity contribution in [1.29, 1.82) is 0 Å². The lowest BCUT2D eigenvalue weighted by molar-refractivity contribution is -0.144. The van der Waals surface area contributed by atoms with Gasteiger partial charge in [-0.15, -0.1) is 0 Å². The summed E-state index contributed by atoms with van der Waals surface area (Å²) in [6, 6.07) is 0. The maximum atomic E-state index is 11.4. The molecule has 1 rings (SSSR count). The monoisotopic (exact) mass is 284 g/mol. The van der Waals surface area contributed by atoms with E-state index >= 15 is 0 Å². The van der Waals surface area contributed by atoms with E-state index in [0.717, 1.165) is 12.2 Å². The summed E-state index contributed by atoms with van der Waals surface area (Å²) in [4.78, 5) is 22.9. The molecule has 20 heavy (non-hydrogen) atoms. The lowest BCUT2D eigenvalue weighted by Crippen LogP contribution is -2.29. The Bertz CT molecular complexity index is 400. The van der Waals surface area contributed by atoms with E-state index in [1.165, 1.54) is 6.08 Å². The number of hydrogen-bond acceptors (Lipinski definition) is 6. The largest absolute Gasteiger partial charge is 0.459 e. The van der Waals surface area contributed by atoms with Gasteiger partial charge in [-0.1, -0.05) is 6.08 Å². The molecular weight excluding hydrogens is 264 g/mol. The van der Waals surface area contributed by atoms with Crippen LogP contribution in [0.2, 0.25) is 0 Å². The Morgan fingerprint density at radius 3 is 2.35 bits per heavy atom. The maximum absolute atomic E-state index is 11.4. The van der Waals surface area contributed by atoms with Gasteiger partial charge in [-0.05, 0) is 19.9 Å². The van der Waals surface area contributed by atoms with Crippen LogP contribution in [0.3, 0.4) is 0 Å². The number of ether oxygens (including phenoxy) is 2. The highest BCUT2D eigenvalue weighted by molar-refractivity contribution is 5.82. The van der Waals surface area contributed by atoms with E-state index < -0.39 is 36.4 Å². The van der Waals surface area contributed by atoms with Crippen molar-refractivity contribution < 1.29 is 29.3 Å². The lowest BCUT2D eigenvalue weighted by Gasteiger charge is -2.19. The first kappa shape index (κ1) is 16.4. The molecule has 4 atom stereocenters. The standard InChI is InChI=1S/C14H20O6/c1-9-4-3-5-13(17)20-10(2)8-12(16)11(15)6-7-14(18)19-9/h3,5-7,9-12,15-16H,4,8H2,1-2H3/b5-3+,7-6+/t9-,10-,11+,12+/m1/s1. The minimum atomic E-state index is -1.22. The van der Waals surface area contributed by atoms with Crippen molar-refractivity contribution in [3.63, 3.8) is 0 Å². The molecule has 0 aromatic heterocycles. The molecular formula is C14H20O6. The van der Waals surface area contributed by atoms with Crippen molar-refractivity contribution in [3.05, 3.63) is 24.3 Å². The van der Waals surface area contributed by atoms with Crippen molar-refractivity contribution in [2.45, 2.75) is 51.1 Å². The topological polar surface area (TPSA) is 93.1 Å². The molecule has 1 aliphatic heterocycles. The quantitative estimate of drug-likeness (QED) is 0.628. The van der Waals surface area contributed by atoms with Crippen LogP contribution in [0, 0.1) is 0 Å². The Balaban J connectivity index is 2.79. The Hall–Kier alpha value is -1.66. The van der Waals surface area contributed by atoms with Crippen molar-refractivity contribution in [3.8, 4) is 0 Å². The summed E-state index contributed by atoms with van der Waals surface area (Å²) in [6.45, 7) is 3.30. The zero-order chi connectivity index (χ0) is 15.1. The predicted octanol–water partition coefficient (Wildman–Crippen LogP) is 0.478. The van der Waals surface area contributed by atoms with Crippen LogP contribution in [0.15, 0.2) is 24.3 Å². The summed E-state index contributed by atoms with van der Waals surface area (Å²) in [7, 11) is 0. The summed E-state index contributed by atoms with van der Waals surface area (Å²) in [5.74, 6) is -1.14. The molecule has 0 radical (unpaired) electrons. The molecule has 0 spiro atoms. The number of carbonyl (C=O) groups excluding carboxylic acids is 2. The molecule has 0 aromatic rings. The van der Waals surface area contributed by atoms with Gasteiger partial charge in [0.1, 0.15) is 12.2 Å². The maximum Gasteiger partial charge on any atom is 0.330 e. The molecule has 0 bridgehead atoms. The van der Waals surface area contributed by atoms with E-state index in [-0.39, 0.29) is 6.42 Å². The molecule has 6 nitrogen and oxygen atoms in total. The fourth-order valence-corrected chi connectivity index (χ4v) is 1.71. The number of aliphatic hydroxyl groups excluding tert-OH is 2. The van der Waals surface area contributed by atoms with Gasteiger partial charge in [0.25, 0.3) is 0 Å². The second kappa shape index (κ2) is 7.81. The summed E-state index contributed by atoms with van der Waals surface area (Å²) < 4.78 is 10.1. The number of carbonyl (C=O) groups is 2. The Morgan fingerprint density at radius 1 is 1.05 bits per heavy atom. The van der Waals surface area contributed by atoms with E-state index in [9.17, 15) is 19.8 Å². The lowest BCUT2D eigenvalue weighted by atomic mass is 10.1. The highest BCUT2D eigenvalue weighted by Crippen LogP contribution is 2.09. The predicted molar refractivity (Wildman–Crippen MR) is 70.6 cm³/mol. The van der Waals surface area contributed by atoms with E-state index in [1.54, 1.807) is 19.9 Å². The van der Waals surface area contributed by atoms with Gasteiger partial charge in [0.2, 0.25) is 0 Å². The van der Waals surface area contributed by atoms with E-state index in [0.29, 0.717) is 6.42 Å². The normalized spacial score (nSPS) is 36.4. The summed E-state index contributed by atoms with van der Waals surface area (Å²) >= 11 is 0. The van der Waals surface area contributed by atoms with E-state index in [2.05, 4.69) is 0 Å². The highest BCUT2D eigenvalue weighted by Gasteiger charge is 2.19. The number of hydrogen-bond donors (Lipinski definition) is 2. The van der Waals surface area contributed by atoms with Gasteiger partial charge in [0.15, 0.2) is 0 Å². The van der Waals surface area contributed by atoms with Crippen LogP contribution in [-0.4, -0.2) is 46.6 Å². The van der Waals surface area contributed by atoms with Crippen molar-refractivity contribution in [1.82, 2.24) is 0 Å². The number of cyclic esters (lactones) is 2. The van der Waals surface area contributed by atoms with E-state index in [1.807, 2.05) is 0 Å². The fourth-order valence-electron chi connectivity index (χ4n) is 1.71. The molecule has 1 aliphatic rings. The van der Waals surface area contributed by atoms with Gasteiger partial charge in [-0.25, -0.2) is 9.59 Å². The SMILES string of the molecule is C[C@@H]1C/C=C/C(=O)O[C@H](C)C[C@H](O)[C@@H](O)/C=C/C(=O)O1. The molecule has 6 heteroatoms. The summed E-state index contributed by atoms with van der Waals surface area (Å²) in [6.07, 6.45) is 2.20. The zero-order valence-electron chi connectivity index (χ0n) is 11.6. The summed E-state index contributed by atoms with van der Waals surface area (Å²) in [5, 5.41) is 19.4. The zero-order valence-corrected chi connectivity index (χ0v) is 11.6. The average Bonchev–Trinajstić information content (AvgIpc) is 2.34. The molecule has 0 fully saturated rings. The summed E-state index contributed by atoms with van der Waals surface area (Å²) in [5.41, 5.74) is 0. The molecule has 0 saturated carbocycles.